The van der Waals surface area contributed by atoms with E-state index in [9.17, 15) is 9.90 Å². The quantitative estimate of drug-likeness (QED) is 0.585. The molecule has 0 radical (unpaired) electrons. The Morgan fingerprint density at radius 2 is 1.96 bits per heavy atom. The predicted octanol–water partition coefficient (Wildman–Crippen LogP) is 4.23. The molecule has 4 fully saturated rings. The molecule has 146 valence electrons. The number of aliphatic hydroxyl groups is 1. The van der Waals surface area contributed by atoms with Crippen molar-refractivity contribution in [3.63, 3.8) is 0 Å². The lowest BCUT2D eigenvalue weighted by atomic mass is 9.44. The highest BCUT2D eigenvalue weighted by Crippen LogP contribution is 2.65. The topological polar surface area (TPSA) is 63.3 Å². The molecule has 0 spiro atoms. The summed E-state index contributed by atoms with van der Waals surface area (Å²) in [7, 11) is 0. The van der Waals surface area contributed by atoms with Crippen LogP contribution in [0.2, 0.25) is 0 Å². The zero-order valence-electron chi connectivity index (χ0n) is 16.7. The fourth-order valence-corrected chi connectivity index (χ4v) is 7.53. The summed E-state index contributed by atoms with van der Waals surface area (Å²) in [4.78, 5) is 12.5. The third-order valence-electron chi connectivity index (χ3n) is 9.13. The molecule has 0 amide bonds. The third-order valence-corrected chi connectivity index (χ3v) is 9.13. The SMILES string of the molecule is C[C@]12CC/C(=C\CCCN)CC1[C@@H](O)CC1C2CC[C@]2(C)C(=O)CCC12. The molecule has 3 N–H and O–H groups in total. The molecule has 0 heterocycles. The smallest absolute Gasteiger partial charge is 0.139 e. The maximum absolute atomic E-state index is 12.5. The van der Waals surface area contributed by atoms with Crippen LogP contribution in [-0.4, -0.2) is 23.5 Å². The lowest BCUT2D eigenvalue weighted by Gasteiger charge is -2.61. The van der Waals surface area contributed by atoms with E-state index in [2.05, 4.69) is 19.9 Å². The molecule has 0 bridgehead atoms. The van der Waals surface area contributed by atoms with Gasteiger partial charge in [0.1, 0.15) is 5.78 Å². The molecule has 26 heavy (non-hydrogen) atoms. The van der Waals surface area contributed by atoms with E-state index in [4.69, 9.17) is 5.73 Å². The summed E-state index contributed by atoms with van der Waals surface area (Å²) in [6.07, 6.45) is 12.9. The number of carbonyl (C=O) groups is 1. The Balaban J connectivity index is 1.56. The van der Waals surface area contributed by atoms with Gasteiger partial charge in [0.2, 0.25) is 0 Å². The molecule has 4 saturated carbocycles. The van der Waals surface area contributed by atoms with Crippen LogP contribution >= 0.6 is 0 Å². The summed E-state index contributed by atoms with van der Waals surface area (Å²) in [5.41, 5.74) is 7.35. The lowest BCUT2D eigenvalue weighted by molar-refractivity contribution is -0.155. The highest BCUT2D eigenvalue weighted by molar-refractivity contribution is 5.87. The van der Waals surface area contributed by atoms with Crippen LogP contribution in [0.15, 0.2) is 11.6 Å². The molecule has 0 aromatic carbocycles. The number of unbranched alkanes of at least 4 members (excludes halogenated alkanes) is 1. The summed E-state index contributed by atoms with van der Waals surface area (Å²) in [5, 5.41) is 11.1. The summed E-state index contributed by atoms with van der Waals surface area (Å²) in [6.45, 7) is 5.45. The van der Waals surface area contributed by atoms with Gasteiger partial charge in [0.25, 0.3) is 0 Å². The molecule has 0 aliphatic heterocycles. The summed E-state index contributed by atoms with van der Waals surface area (Å²) >= 11 is 0. The zero-order chi connectivity index (χ0) is 18.5. The van der Waals surface area contributed by atoms with Crippen LogP contribution in [0.25, 0.3) is 0 Å². The Hall–Kier alpha value is -0.670. The first kappa shape index (κ1) is 18.7. The third kappa shape index (κ3) is 2.73. The molecule has 3 nitrogen and oxygen atoms in total. The monoisotopic (exact) mass is 359 g/mol. The van der Waals surface area contributed by atoms with E-state index in [0.29, 0.717) is 29.5 Å². The second-order valence-corrected chi connectivity index (χ2v) is 10.2. The number of hydrogen-bond acceptors (Lipinski definition) is 3. The lowest BCUT2D eigenvalue weighted by Crippen LogP contribution is -2.57. The first-order valence-electron chi connectivity index (χ1n) is 11.0. The standard InChI is InChI=1S/C23H37NO2/c1-22-10-8-15(5-3-4-12-24)13-19(22)20(25)14-16-17-6-7-21(26)23(17,2)11-9-18(16)22/h5,16-20,25H,3-4,6-14,24H2,1-2H3/b15-5+/t16?,17?,18?,19?,20-,22+,23-/m0/s1. The highest BCUT2D eigenvalue weighted by atomic mass is 16.3. The number of carbonyl (C=O) groups excluding carboxylic acids is 1. The van der Waals surface area contributed by atoms with Gasteiger partial charge in [-0.3, -0.25) is 4.79 Å². The fourth-order valence-electron chi connectivity index (χ4n) is 7.53. The normalized spacial score (nSPS) is 49.6. The van der Waals surface area contributed by atoms with Gasteiger partial charge in [-0.25, -0.2) is 0 Å². The molecule has 4 aliphatic rings. The first-order valence-corrected chi connectivity index (χ1v) is 11.0. The van der Waals surface area contributed by atoms with E-state index in [1.165, 1.54) is 19.3 Å². The maximum Gasteiger partial charge on any atom is 0.139 e. The van der Waals surface area contributed by atoms with Crippen molar-refractivity contribution in [2.75, 3.05) is 6.54 Å². The van der Waals surface area contributed by atoms with Crippen molar-refractivity contribution in [1.29, 1.82) is 0 Å². The van der Waals surface area contributed by atoms with Gasteiger partial charge in [-0.15, -0.1) is 0 Å². The molecule has 4 rings (SSSR count). The number of rotatable bonds is 3. The van der Waals surface area contributed by atoms with Crippen molar-refractivity contribution in [2.45, 2.75) is 84.2 Å². The number of aliphatic hydroxyl groups excluding tert-OH is 1. The molecule has 4 aliphatic carbocycles. The first-order chi connectivity index (χ1) is 12.4. The minimum atomic E-state index is -0.197. The van der Waals surface area contributed by atoms with E-state index in [1.54, 1.807) is 5.57 Å². The molecular weight excluding hydrogens is 322 g/mol. The van der Waals surface area contributed by atoms with Gasteiger partial charge in [-0.1, -0.05) is 25.5 Å². The van der Waals surface area contributed by atoms with Crippen molar-refractivity contribution < 1.29 is 9.90 Å². The number of allylic oxidation sites excluding steroid dienone is 2. The van der Waals surface area contributed by atoms with Crippen LogP contribution < -0.4 is 5.73 Å². The number of nitrogens with two attached hydrogens (primary N) is 1. The zero-order valence-corrected chi connectivity index (χ0v) is 16.7. The number of Topliss-reactive ketones (excluding diaryl/α,β-unsaturated/α-hetero) is 1. The average molecular weight is 360 g/mol. The Bertz CT molecular complexity index is 599. The van der Waals surface area contributed by atoms with E-state index in [1.807, 2.05) is 0 Å². The van der Waals surface area contributed by atoms with Crippen molar-refractivity contribution in [2.24, 2.45) is 40.2 Å². The predicted molar refractivity (Wildman–Crippen MR) is 104 cm³/mol. The number of ketones is 1. The van der Waals surface area contributed by atoms with E-state index >= 15 is 0 Å². The van der Waals surface area contributed by atoms with Crippen molar-refractivity contribution in [1.82, 2.24) is 0 Å². The second kappa shape index (κ2) is 6.74. The maximum atomic E-state index is 12.5. The van der Waals surface area contributed by atoms with Gasteiger partial charge in [-0.2, -0.15) is 0 Å². The van der Waals surface area contributed by atoms with Crippen LogP contribution in [0.5, 0.6) is 0 Å². The van der Waals surface area contributed by atoms with Gasteiger partial charge in [0.05, 0.1) is 6.10 Å². The minimum Gasteiger partial charge on any atom is -0.393 e. The largest absolute Gasteiger partial charge is 0.393 e. The van der Waals surface area contributed by atoms with Crippen molar-refractivity contribution in [3.8, 4) is 0 Å². The van der Waals surface area contributed by atoms with Crippen LogP contribution in [0, 0.1) is 34.5 Å². The molecule has 4 unspecified atom stereocenters. The average Bonchev–Trinajstić information content (AvgIpc) is 2.92. The van der Waals surface area contributed by atoms with E-state index in [0.717, 1.165) is 51.5 Å². The van der Waals surface area contributed by atoms with Gasteiger partial charge in [0.15, 0.2) is 0 Å². The highest BCUT2D eigenvalue weighted by Gasteiger charge is 2.61. The molecular formula is C23H37NO2. The minimum absolute atomic E-state index is 0.0912. The van der Waals surface area contributed by atoms with Gasteiger partial charge < -0.3 is 10.8 Å². The summed E-state index contributed by atoms with van der Waals surface area (Å²) in [5.74, 6) is 2.67. The van der Waals surface area contributed by atoms with Crippen molar-refractivity contribution >= 4 is 5.78 Å². The molecule has 0 saturated heterocycles. The second-order valence-electron chi connectivity index (χ2n) is 10.2. The van der Waals surface area contributed by atoms with Crippen molar-refractivity contribution in [3.05, 3.63) is 11.6 Å². The summed E-state index contributed by atoms with van der Waals surface area (Å²) in [6, 6.07) is 0. The van der Waals surface area contributed by atoms with Gasteiger partial charge in [-0.05, 0) is 93.4 Å². The molecule has 0 aromatic heterocycles. The molecule has 7 atom stereocenters. The van der Waals surface area contributed by atoms with Crippen LogP contribution in [0.1, 0.15) is 78.1 Å². The summed E-state index contributed by atoms with van der Waals surface area (Å²) < 4.78 is 0. The van der Waals surface area contributed by atoms with Gasteiger partial charge in [0, 0.05) is 11.8 Å². The van der Waals surface area contributed by atoms with Gasteiger partial charge >= 0.3 is 0 Å². The Kier molecular flexibility index (Phi) is 4.84. The Labute approximate surface area is 158 Å². The van der Waals surface area contributed by atoms with E-state index in [-0.39, 0.29) is 16.9 Å². The van der Waals surface area contributed by atoms with Crippen LogP contribution in [-0.2, 0) is 4.79 Å². The molecule has 0 aromatic rings. The van der Waals surface area contributed by atoms with Crippen LogP contribution in [0.4, 0.5) is 0 Å². The number of fused-ring (bicyclic) bond motifs is 5. The fraction of sp³-hybridized carbons (Fsp3) is 0.870. The Morgan fingerprint density at radius 1 is 1.15 bits per heavy atom. The molecule has 3 heteroatoms. The number of hydrogen-bond donors (Lipinski definition) is 2. The van der Waals surface area contributed by atoms with E-state index < -0.39 is 0 Å². The Morgan fingerprint density at radius 3 is 2.73 bits per heavy atom. The van der Waals surface area contributed by atoms with Crippen LogP contribution in [0.3, 0.4) is 0 Å².